The highest BCUT2D eigenvalue weighted by Crippen LogP contribution is 2.26. The molecule has 110 valence electrons. The van der Waals surface area contributed by atoms with E-state index in [1.165, 1.54) is 6.07 Å². The maximum Gasteiger partial charge on any atom is 0.282 e. The van der Waals surface area contributed by atoms with Gasteiger partial charge in [-0.25, -0.2) is 0 Å². The van der Waals surface area contributed by atoms with Crippen molar-refractivity contribution in [3.05, 3.63) is 56.1 Å². The van der Waals surface area contributed by atoms with E-state index in [9.17, 15) is 10.1 Å². The second-order valence-electron chi connectivity index (χ2n) is 4.21. The molecule has 21 heavy (non-hydrogen) atoms. The van der Waals surface area contributed by atoms with Crippen LogP contribution in [0.5, 0.6) is 5.75 Å². The van der Waals surface area contributed by atoms with E-state index in [1.54, 1.807) is 12.1 Å². The largest absolute Gasteiger partial charge is 0.492 e. The molecule has 2 rings (SSSR count). The molecule has 0 saturated heterocycles. The first-order valence-corrected chi connectivity index (χ1v) is 7.32. The summed E-state index contributed by atoms with van der Waals surface area (Å²) in [6.07, 6.45) is 0. The van der Waals surface area contributed by atoms with Crippen molar-refractivity contribution < 1.29 is 9.66 Å². The van der Waals surface area contributed by atoms with Crippen LogP contribution in [0.2, 0.25) is 0 Å². The first kappa shape index (κ1) is 15.5. The number of hydrogen-bond acceptors (Lipinski definition) is 5. The van der Waals surface area contributed by atoms with Gasteiger partial charge in [0.25, 0.3) is 5.69 Å². The molecule has 2 aromatic rings. The van der Waals surface area contributed by atoms with Crippen LogP contribution in [0.4, 0.5) is 17.1 Å². The molecule has 0 aromatic heterocycles. The van der Waals surface area contributed by atoms with Crippen LogP contribution >= 0.6 is 22.6 Å². The summed E-state index contributed by atoms with van der Waals surface area (Å²) in [5, 5.41) is 14.0. The smallest absolute Gasteiger partial charge is 0.282 e. The van der Waals surface area contributed by atoms with Gasteiger partial charge in [-0.2, -0.15) is 0 Å². The Labute approximate surface area is 135 Å². The van der Waals surface area contributed by atoms with Crippen molar-refractivity contribution in [3.63, 3.8) is 0 Å². The number of nitrogens with one attached hydrogen (secondary N) is 1. The zero-order valence-corrected chi connectivity index (χ0v) is 13.2. The summed E-state index contributed by atoms with van der Waals surface area (Å²) in [4.78, 5) is 10.4. The first-order chi connectivity index (χ1) is 10.1. The predicted molar refractivity (Wildman–Crippen MR) is 90.1 cm³/mol. The SMILES string of the molecule is NCCOc1ccc(Nc2ccc([N+](=O)[O-])c(I)c2)cc1. The number of nitrogens with two attached hydrogens (primary N) is 1. The Morgan fingerprint density at radius 2 is 1.86 bits per heavy atom. The fourth-order valence-electron chi connectivity index (χ4n) is 1.71. The molecule has 6 nitrogen and oxygen atoms in total. The molecule has 0 aliphatic heterocycles. The second-order valence-corrected chi connectivity index (χ2v) is 5.37. The monoisotopic (exact) mass is 399 g/mol. The van der Waals surface area contributed by atoms with Crippen LogP contribution in [-0.4, -0.2) is 18.1 Å². The first-order valence-electron chi connectivity index (χ1n) is 6.24. The molecular weight excluding hydrogens is 385 g/mol. The predicted octanol–water partition coefficient (Wildman–Crippen LogP) is 3.28. The molecule has 0 bridgehead atoms. The number of rotatable bonds is 6. The van der Waals surface area contributed by atoms with Crippen molar-refractivity contribution >= 4 is 39.7 Å². The number of nitro benzene ring substituents is 1. The molecule has 0 atom stereocenters. The van der Waals surface area contributed by atoms with Gasteiger partial charge in [-0.15, -0.1) is 0 Å². The Morgan fingerprint density at radius 3 is 2.43 bits per heavy atom. The van der Waals surface area contributed by atoms with Gasteiger partial charge in [0.15, 0.2) is 0 Å². The summed E-state index contributed by atoms with van der Waals surface area (Å²) < 4.78 is 5.98. The van der Waals surface area contributed by atoms with E-state index in [0.29, 0.717) is 16.7 Å². The number of nitrogens with zero attached hydrogens (tertiary/aromatic N) is 1. The average Bonchev–Trinajstić information content (AvgIpc) is 2.46. The lowest BCUT2D eigenvalue weighted by Crippen LogP contribution is -2.10. The molecule has 3 N–H and O–H groups in total. The molecule has 0 saturated carbocycles. The van der Waals surface area contributed by atoms with Crippen LogP contribution in [0.15, 0.2) is 42.5 Å². The van der Waals surface area contributed by atoms with Crippen molar-refractivity contribution in [1.82, 2.24) is 0 Å². The summed E-state index contributed by atoms with van der Waals surface area (Å²) in [5.74, 6) is 0.754. The quantitative estimate of drug-likeness (QED) is 0.442. The molecule has 0 fully saturated rings. The zero-order chi connectivity index (χ0) is 15.2. The van der Waals surface area contributed by atoms with E-state index in [1.807, 2.05) is 46.9 Å². The minimum atomic E-state index is -0.394. The lowest BCUT2D eigenvalue weighted by molar-refractivity contribution is -0.385. The van der Waals surface area contributed by atoms with Crippen molar-refractivity contribution in [2.24, 2.45) is 5.73 Å². The number of benzene rings is 2. The van der Waals surface area contributed by atoms with Crippen LogP contribution in [0.3, 0.4) is 0 Å². The van der Waals surface area contributed by atoms with Gasteiger partial charge in [0.05, 0.1) is 8.49 Å². The number of anilines is 2. The summed E-state index contributed by atoms with van der Waals surface area (Å²) in [6.45, 7) is 0.953. The third-order valence-electron chi connectivity index (χ3n) is 2.67. The maximum atomic E-state index is 10.8. The third kappa shape index (κ3) is 4.30. The molecule has 0 heterocycles. The normalized spacial score (nSPS) is 10.2. The Bertz CT molecular complexity index is 632. The Hall–Kier alpha value is -1.87. The van der Waals surface area contributed by atoms with Crippen LogP contribution in [0.25, 0.3) is 0 Å². The summed E-state index contributed by atoms with van der Waals surface area (Å²) >= 11 is 1.95. The molecule has 2 aromatic carbocycles. The van der Waals surface area contributed by atoms with E-state index < -0.39 is 4.92 Å². The summed E-state index contributed by atoms with van der Waals surface area (Å²) in [6, 6.07) is 12.3. The van der Waals surface area contributed by atoms with Crippen molar-refractivity contribution in [1.29, 1.82) is 0 Å². The van der Waals surface area contributed by atoms with E-state index in [0.717, 1.165) is 17.1 Å². The number of halogens is 1. The molecule has 0 unspecified atom stereocenters. The van der Waals surface area contributed by atoms with Crippen molar-refractivity contribution in [3.8, 4) is 5.75 Å². The topological polar surface area (TPSA) is 90.4 Å². The van der Waals surface area contributed by atoms with E-state index in [2.05, 4.69) is 5.32 Å². The molecular formula is C14H14IN3O3. The summed E-state index contributed by atoms with van der Waals surface area (Å²) in [7, 11) is 0. The van der Waals surface area contributed by atoms with Gasteiger partial charge in [-0.1, -0.05) is 0 Å². The number of hydrogen-bond donors (Lipinski definition) is 2. The van der Waals surface area contributed by atoms with E-state index >= 15 is 0 Å². The molecule has 0 radical (unpaired) electrons. The van der Waals surface area contributed by atoms with Gasteiger partial charge < -0.3 is 15.8 Å². The second kappa shape index (κ2) is 7.23. The van der Waals surface area contributed by atoms with Crippen LogP contribution in [0, 0.1) is 13.7 Å². The molecule has 0 aliphatic rings. The maximum absolute atomic E-state index is 10.8. The minimum Gasteiger partial charge on any atom is -0.492 e. The Balaban J connectivity index is 2.07. The molecule has 0 amide bonds. The fourth-order valence-corrected chi connectivity index (χ4v) is 2.42. The molecule has 0 aliphatic carbocycles. The van der Waals surface area contributed by atoms with Crippen molar-refractivity contribution in [2.45, 2.75) is 0 Å². The third-order valence-corrected chi connectivity index (χ3v) is 3.54. The lowest BCUT2D eigenvalue weighted by atomic mass is 10.2. The highest BCUT2D eigenvalue weighted by molar-refractivity contribution is 14.1. The van der Waals surface area contributed by atoms with Gasteiger partial charge in [0.1, 0.15) is 12.4 Å². The lowest BCUT2D eigenvalue weighted by Gasteiger charge is -2.09. The van der Waals surface area contributed by atoms with Crippen LogP contribution in [0.1, 0.15) is 0 Å². The van der Waals surface area contributed by atoms with Gasteiger partial charge in [0.2, 0.25) is 0 Å². The molecule has 0 spiro atoms. The average molecular weight is 399 g/mol. The minimum absolute atomic E-state index is 0.103. The van der Waals surface area contributed by atoms with E-state index in [-0.39, 0.29) is 5.69 Å². The van der Waals surface area contributed by atoms with E-state index in [4.69, 9.17) is 10.5 Å². The Kier molecular flexibility index (Phi) is 5.34. The van der Waals surface area contributed by atoms with Gasteiger partial charge in [0, 0.05) is 24.0 Å². The highest BCUT2D eigenvalue weighted by atomic mass is 127. The van der Waals surface area contributed by atoms with Crippen LogP contribution < -0.4 is 15.8 Å². The van der Waals surface area contributed by atoms with Crippen LogP contribution in [-0.2, 0) is 0 Å². The standard InChI is InChI=1S/C14H14IN3O3/c15-13-9-11(3-6-14(13)18(19)20)17-10-1-4-12(5-2-10)21-8-7-16/h1-6,9,17H,7-8,16H2. The van der Waals surface area contributed by atoms with Crippen molar-refractivity contribution in [2.75, 3.05) is 18.5 Å². The highest BCUT2D eigenvalue weighted by Gasteiger charge is 2.11. The number of nitro groups is 1. The van der Waals surface area contributed by atoms with Gasteiger partial charge in [-0.05, 0) is 59.0 Å². The zero-order valence-electron chi connectivity index (χ0n) is 11.1. The Morgan fingerprint density at radius 1 is 1.19 bits per heavy atom. The van der Waals surface area contributed by atoms with Gasteiger partial charge in [-0.3, -0.25) is 10.1 Å². The fraction of sp³-hybridized carbons (Fsp3) is 0.143. The number of ether oxygens (including phenoxy) is 1. The van der Waals surface area contributed by atoms with Gasteiger partial charge >= 0.3 is 0 Å². The summed E-state index contributed by atoms with van der Waals surface area (Å²) in [5.41, 5.74) is 7.14. The molecule has 7 heteroatoms.